The van der Waals surface area contributed by atoms with E-state index in [0.29, 0.717) is 11.5 Å². The maximum absolute atomic E-state index is 11.3. The second-order valence-electron chi connectivity index (χ2n) is 4.96. The number of benzene rings is 1. The van der Waals surface area contributed by atoms with Crippen LogP contribution in [0.25, 0.3) is 0 Å². The van der Waals surface area contributed by atoms with Crippen molar-refractivity contribution in [1.29, 1.82) is 0 Å². The summed E-state index contributed by atoms with van der Waals surface area (Å²) in [6, 6.07) is 5.71. The largest absolute Gasteiger partial charge is 0.389 e. The Morgan fingerprint density at radius 2 is 2.00 bits per heavy atom. The van der Waals surface area contributed by atoms with Gasteiger partial charge in [-0.2, -0.15) is 0 Å². The molecule has 0 spiro atoms. The van der Waals surface area contributed by atoms with Gasteiger partial charge in [-0.25, -0.2) is 0 Å². The fraction of sp³-hybridized carbons (Fsp3) is 0.385. The van der Waals surface area contributed by atoms with E-state index in [1.165, 1.54) is 0 Å². The van der Waals surface area contributed by atoms with Crippen molar-refractivity contribution in [3.63, 3.8) is 0 Å². The van der Waals surface area contributed by atoms with Crippen LogP contribution >= 0.6 is 12.2 Å². The summed E-state index contributed by atoms with van der Waals surface area (Å²) in [5, 5.41) is 3.22. The van der Waals surface area contributed by atoms with Crippen molar-refractivity contribution in [3.05, 3.63) is 29.3 Å². The molecule has 0 bridgehead atoms. The number of primary amides is 1. The summed E-state index contributed by atoms with van der Waals surface area (Å²) >= 11 is 5.01. The van der Waals surface area contributed by atoms with Gasteiger partial charge in [-0.15, -0.1) is 0 Å². The minimum absolute atomic E-state index is 0.332. The molecular weight excluding hydrogens is 246 g/mol. The topological polar surface area (TPSA) is 81.1 Å². The molecule has 0 saturated carbocycles. The Labute approximate surface area is 113 Å². The molecule has 0 aliphatic heterocycles. The fourth-order valence-corrected chi connectivity index (χ4v) is 1.67. The summed E-state index contributed by atoms with van der Waals surface area (Å²) in [5.74, 6) is -0.347. The number of para-hydroxylation sites is 1. The molecule has 5 heteroatoms. The highest BCUT2D eigenvalue weighted by Crippen LogP contribution is 2.23. The molecular formula is C13H19N3OS. The van der Waals surface area contributed by atoms with E-state index >= 15 is 0 Å². The zero-order valence-electron chi connectivity index (χ0n) is 10.9. The maximum Gasteiger partial charge on any atom is 0.224 e. The van der Waals surface area contributed by atoms with Crippen LogP contribution in [0.4, 0.5) is 5.69 Å². The highest BCUT2D eigenvalue weighted by molar-refractivity contribution is 7.80. The third-order valence-corrected chi connectivity index (χ3v) is 3.13. The van der Waals surface area contributed by atoms with Gasteiger partial charge < -0.3 is 16.8 Å². The molecule has 0 unspecified atom stereocenters. The third kappa shape index (κ3) is 3.20. The van der Waals surface area contributed by atoms with Crippen molar-refractivity contribution in [2.75, 3.05) is 11.9 Å². The number of hydrogen-bond donors (Lipinski definition) is 3. The predicted octanol–water partition coefficient (Wildman–Crippen LogP) is 1.55. The number of thiocarbonyl (C=S) groups is 1. The summed E-state index contributed by atoms with van der Waals surface area (Å²) in [6.07, 6.45) is 0. The van der Waals surface area contributed by atoms with Crippen LogP contribution in [0.5, 0.6) is 0 Å². The van der Waals surface area contributed by atoms with Crippen LogP contribution in [-0.4, -0.2) is 17.4 Å². The number of carbonyl (C=O) groups excluding carboxylic acids is 1. The molecule has 5 N–H and O–H groups in total. The zero-order chi connectivity index (χ0) is 13.9. The lowest BCUT2D eigenvalue weighted by atomic mass is 9.92. The van der Waals surface area contributed by atoms with E-state index in [1.54, 1.807) is 13.8 Å². The summed E-state index contributed by atoms with van der Waals surface area (Å²) in [7, 11) is 0. The van der Waals surface area contributed by atoms with Gasteiger partial charge in [-0.05, 0) is 32.4 Å². The normalized spacial score (nSPS) is 11.1. The Morgan fingerprint density at radius 1 is 1.39 bits per heavy atom. The summed E-state index contributed by atoms with van der Waals surface area (Å²) < 4.78 is 0. The van der Waals surface area contributed by atoms with Crippen molar-refractivity contribution in [2.45, 2.75) is 20.8 Å². The van der Waals surface area contributed by atoms with Gasteiger partial charge in [-0.3, -0.25) is 4.79 Å². The summed E-state index contributed by atoms with van der Waals surface area (Å²) in [6.45, 7) is 5.98. The van der Waals surface area contributed by atoms with Crippen LogP contribution in [0.2, 0.25) is 0 Å². The molecule has 0 heterocycles. The van der Waals surface area contributed by atoms with Crippen LogP contribution < -0.4 is 16.8 Å². The van der Waals surface area contributed by atoms with Gasteiger partial charge >= 0.3 is 0 Å². The fourth-order valence-electron chi connectivity index (χ4n) is 1.50. The molecule has 0 aliphatic carbocycles. The number of anilines is 1. The summed E-state index contributed by atoms with van der Waals surface area (Å²) in [5.41, 5.74) is 13.1. The van der Waals surface area contributed by atoms with Crippen molar-refractivity contribution in [1.82, 2.24) is 0 Å². The highest BCUT2D eigenvalue weighted by atomic mass is 32.1. The first-order chi connectivity index (χ1) is 8.25. The number of amides is 1. The Morgan fingerprint density at radius 3 is 2.50 bits per heavy atom. The average molecular weight is 265 g/mol. The molecule has 1 aromatic rings. The van der Waals surface area contributed by atoms with Crippen molar-refractivity contribution < 1.29 is 4.79 Å². The highest BCUT2D eigenvalue weighted by Gasteiger charge is 2.25. The number of carbonyl (C=O) groups is 1. The van der Waals surface area contributed by atoms with Gasteiger partial charge in [0.05, 0.1) is 5.41 Å². The predicted molar refractivity (Wildman–Crippen MR) is 78.5 cm³/mol. The molecule has 1 rings (SSSR count). The molecule has 0 aromatic heterocycles. The van der Waals surface area contributed by atoms with Crippen LogP contribution in [-0.2, 0) is 4.79 Å². The smallest absolute Gasteiger partial charge is 0.224 e. The number of nitrogens with two attached hydrogens (primary N) is 2. The van der Waals surface area contributed by atoms with E-state index in [4.69, 9.17) is 23.7 Å². The molecule has 1 amide bonds. The molecule has 0 atom stereocenters. The molecule has 1 aromatic carbocycles. The van der Waals surface area contributed by atoms with Crippen LogP contribution in [0.1, 0.15) is 25.0 Å². The van der Waals surface area contributed by atoms with Gasteiger partial charge in [0.1, 0.15) is 4.99 Å². The van der Waals surface area contributed by atoms with Gasteiger partial charge in [0.15, 0.2) is 0 Å². The Kier molecular flexibility index (Phi) is 4.29. The second kappa shape index (κ2) is 5.35. The van der Waals surface area contributed by atoms with Crippen LogP contribution in [0.3, 0.4) is 0 Å². The Balaban J connectivity index is 2.98. The Hall–Kier alpha value is -1.62. The number of nitrogens with one attached hydrogen (secondary N) is 1. The molecule has 98 valence electrons. The monoisotopic (exact) mass is 265 g/mol. The first kappa shape index (κ1) is 14.4. The molecule has 0 radical (unpaired) electrons. The van der Waals surface area contributed by atoms with E-state index in [1.807, 2.05) is 25.1 Å². The lowest BCUT2D eigenvalue weighted by Crippen LogP contribution is -2.37. The van der Waals surface area contributed by atoms with Gasteiger partial charge in [0, 0.05) is 17.8 Å². The first-order valence-electron chi connectivity index (χ1n) is 5.69. The first-order valence-corrected chi connectivity index (χ1v) is 6.09. The SMILES string of the molecule is Cc1cccc(C(N)=S)c1NCC(C)(C)C(N)=O. The van der Waals surface area contributed by atoms with E-state index in [9.17, 15) is 4.79 Å². The lowest BCUT2D eigenvalue weighted by molar-refractivity contribution is -0.125. The average Bonchev–Trinajstić information content (AvgIpc) is 2.26. The molecule has 0 saturated heterocycles. The minimum atomic E-state index is -0.629. The molecule has 4 nitrogen and oxygen atoms in total. The van der Waals surface area contributed by atoms with Crippen molar-refractivity contribution >= 4 is 28.8 Å². The van der Waals surface area contributed by atoms with Crippen LogP contribution in [0, 0.1) is 12.3 Å². The van der Waals surface area contributed by atoms with E-state index < -0.39 is 5.41 Å². The molecule has 0 aliphatic rings. The molecule has 18 heavy (non-hydrogen) atoms. The number of aryl methyl sites for hydroxylation is 1. The van der Waals surface area contributed by atoms with Crippen molar-refractivity contribution in [3.8, 4) is 0 Å². The standard InChI is InChI=1S/C13H19N3OS/c1-8-5-4-6-9(11(14)18)10(8)16-7-13(2,3)12(15)17/h4-6,16H,7H2,1-3H3,(H2,14,18)(H2,15,17). The van der Waals surface area contributed by atoms with Crippen LogP contribution in [0.15, 0.2) is 18.2 Å². The maximum atomic E-state index is 11.3. The van der Waals surface area contributed by atoms with Gasteiger partial charge in [-0.1, -0.05) is 24.4 Å². The quantitative estimate of drug-likeness (QED) is 0.706. The van der Waals surface area contributed by atoms with E-state index in [0.717, 1.165) is 16.8 Å². The molecule has 0 fully saturated rings. The van der Waals surface area contributed by atoms with Gasteiger partial charge in [0.25, 0.3) is 0 Å². The number of rotatable bonds is 5. The third-order valence-electron chi connectivity index (χ3n) is 2.91. The minimum Gasteiger partial charge on any atom is -0.389 e. The second-order valence-corrected chi connectivity index (χ2v) is 5.40. The number of hydrogen-bond acceptors (Lipinski definition) is 3. The van der Waals surface area contributed by atoms with Crippen molar-refractivity contribution in [2.24, 2.45) is 16.9 Å². The van der Waals surface area contributed by atoms with E-state index in [-0.39, 0.29) is 5.91 Å². The Bertz CT molecular complexity index is 483. The summed E-state index contributed by atoms with van der Waals surface area (Å²) in [4.78, 5) is 11.6. The lowest BCUT2D eigenvalue weighted by Gasteiger charge is -2.23. The van der Waals surface area contributed by atoms with E-state index in [2.05, 4.69) is 5.32 Å². The van der Waals surface area contributed by atoms with Gasteiger partial charge in [0.2, 0.25) is 5.91 Å². The zero-order valence-corrected chi connectivity index (χ0v) is 11.7.